The van der Waals surface area contributed by atoms with Crippen LogP contribution in [0.3, 0.4) is 0 Å². The Bertz CT molecular complexity index is 1160. The lowest BCUT2D eigenvalue weighted by atomic mass is 10.1. The van der Waals surface area contributed by atoms with Crippen LogP contribution in [-0.4, -0.2) is 41.9 Å². The minimum Gasteiger partial charge on any atom is -0.493 e. The molecule has 2 aromatic carbocycles. The Morgan fingerprint density at radius 3 is 1.35 bits per heavy atom. The quantitative estimate of drug-likeness (QED) is 0.249. The minimum atomic E-state index is -0.119. The van der Waals surface area contributed by atoms with E-state index in [1.807, 2.05) is 60.7 Å². The van der Waals surface area contributed by atoms with Gasteiger partial charge in [0.2, 0.25) is 11.8 Å². The second-order valence-electron chi connectivity index (χ2n) is 7.97. The van der Waals surface area contributed by atoms with Gasteiger partial charge in [0.05, 0.1) is 0 Å². The van der Waals surface area contributed by atoms with E-state index in [9.17, 15) is 19.8 Å². The summed E-state index contributed by atoms with van der Waals surface area (Å²) in [5.41, 5.74) is 1.74. The Hall–Kier alpha value is -4.20. The first-order valence-corrected chi connectivity index (χ1v) is 11.2. The van der Waals surface area contributed by atoms with E-state index in [0.717, 1.165) is 36.8 Å². The molecule has 0 atom stereocenters. The van der Waals surface area contributed by atoms with Crippen LogP contribution >= 0.6 is 0 Å². The topological polar surface area (TPSA) is 110 Å². The molecule has 2 heterocycles. The molecule has 8 heteroatoms. The number of hydrogen-bond acceptors (Lipinski definition) is 6. The first-order valence-electron chi connectivity index (χ1n) is 11.2. The molecule has 2 N–H and O–H groups in total. The fourth-order valence-electron chi connectivity index (χ4n) is 4.02. The van der Waals surface area contributed by atoms with Gasteiger partial charge in [-0.25, -0.2) is 9.97 Å². The molecule has 0 saturated carbocycles. The van der Waals surface area contributed by atoms with E-state index in [4.69, 9.17) is 0 Å². The molecule has 4 aromatic rings. The summed E-state index contributed by atoms with van der Waals surface area (Å²) in [5.74, 6) is 0.895. The second-order valence-corrected chi connectivity index (χ2v) is 7.97. The molecule has 0 unspecified atom stereocenters. The average Bonchev–Trinajstić information content (AvgIpc) is 3.38. The number of hydrogen-bond donors (Lipinski definition) is 2. The zero-order valence-corrected chi connectivity index (χ0v) is 18.7. The summed E-state index contributed by atoms with van der Waals surface area (Å²) >= 11 is 0. The van der Waals surface area contributed by atoms with E-state index < -0.39 is 0 Å². The lowest BCUT2D eigenvalue weighted by Crippen LogP contribution is -2.02. The summed E-state index contributed by atoms with van der Waals surface area (Å²) in [7, 11) is 0. The molecule has 2 aromatic heterocycles. The number of aromatic nitrogens is 4. The number of nitrogens with zero attached hydrogens (tertiary/aromatic N) is 4. The molecule has 8 nitrogen and oxygen atoms in total. The van der Waals surface area contributed by atoms with Crippen molar-refractivity contribution in [2.45, 2.75) is 38.8 Å². The minimum absolute atomic E-state index is 0.0360. The predicted octanol–water partition coefficient (Wildman–Crippen LogP) is 4.71. The third-order valence-electron chi connectivity index (χ3n) is 5.73. The number of carbonyl (C=O) groups is 2. The molecule has 0 spiro atoms. The van der Waals surface area contributed by atoms with Crippen molar-refractivity contribution >= 4 is 12.6 Å². The average molecular weight is 459 g/mol. The molecular formula is C26H26N4O4. The van der Waals surface area contributed by atoms with Gasteiger partial charge in [-0.3, -0.25) is 18.7 Å². The molecule has 0 saturated heterocycles. The Morgan fingerprint density at radius 1 is 0.618 bits per heavy atom. The highest BCUT2D eigenvalue weighted by atomic mass is 16.3. The van der Waals surface area contributed by atoms with Crippen LogP contribution in [0.2, 0.25) is 0 Å². The molecular weight excluding hydrogens is 432 g/mol. The van der Waals surface area contributed by atoms with Gasteiger partial charge < -0.3 is 10.2 Å². The monoisotopic (exact) mass is 458 g/mol. The van der Waals surface area contributed by atoms with E-state index in [1.54, 1.807) is 9.13 Å². The lowest BCUT2D eigenvalue weighted by molar-refractivity contribution is 0.110. The van der Waals surface area contributed by atoms with Crippen molar-refractivity contribution in [3.05, 3.63) is 72.1 Å². The van der Waals surface area contributed by atoms with Crippen molar-refractivity contribution in [3.8, 4) is 34.5 Å². The normalized spacial score (nSPS) is 10.9. The molecule has 0 aliphatic rings. The predicted molar refractivity (Wildman–Crippen MR) is 128 cm³/mol. The van der Waals surface area contributed by atoms with E-state index in [-0.39, 0.29) is 23.1 Å². The number of carbonyl (C=O) groups excluding carboxylic acids is 2. The van der Waals surface area contributed by atoms with E-state index in [2.05, 4.69) is 9.97 Å². The highest BCUT2D eigenvalue weighted by Gasteiger charge is 2.18. The van der Waals surface area contributed by atoms with Gasteiger partial charge in [-0.05, 0) is 12.8 Å². The zero-order valence-electron chi connectivity index (χ0n) is 18.7. The van der Waals surface area contributed by atoms with Gasteiger partial charge in [-0.2, -0.15) is 0 Å². The Balaban J connectivity index is 1.37. The maximum absolute atomic E-state index is 11.3. The zero-order chi connectivity index (χ0) is 23.9. The Kier molecular flexibility index (Phi) is 7.17. The van der Waals surface area contributed by atoms with Crippen LogP contribution in [0.4, 0.5) is 0 Å². The van der Waals surface area contributed by atoms with Crippen LogP contribution in [0.15, 0.2) is 60.7 Å². The molecule has 0 aliphatic carbocycles. The smallest absolute Gasteiger partial charge is 0.222 e. The molecule has 174 valence electrons. The number of imidazole rings is 2. The highest BCUT2D eigenvalue weighted by Crippen LogP contribution is 2.28. The van der Waals surface area contributed by atoms with Gasteiger partial charge >= 0.3 is 0 Å². The van der Waals surface area contributed by atoms with E-state index >= 15 is 0 Å². The first-order chi connectivity index (χ1) is 16.6. The summed E-state index contributed by atoms with van der Waals surface area (Å²) in [5, 5.41) is 20.8. The van der Waals surface area contributed by atoms with Crippen molar-refractivity contribution in [1.29, 1.82) is 0 Å². The third kappa shape index (κ3) is 4.76. The van der Waals surface area contributed by atoms with Crippen LogP contribution in [-0.2, 0) is 13.1 Å². The summed E-state index contributed by atoms with van der Waals surface area (Å²) in [6.07, 6.45) is 4.44. The molecule has 34 heavy (non-hydrogen) atoms. The summed E-state index contributed by atoms with van der Waals surface area (Å²) in [6.45, 7) is 1.05. The van der Waals surface area contributed by atoms with E-state index in [1.165, 1.54) is 0 Å². The number of rotatable bonds is 11. The standard InChI is InChI=1S/C26H26N4O4/c31-17-21-25(33)29(23(27-21)19-11-5-3-6-12-19)15-9-1-2-10-16-30-24(20-13-7-4-8-14-20)28-22(18-32)26(30)34/h3-8,11-14,17-18,33-34H,1-2,9-10,15-16H2. The lowest BCUT2D eigenvalue weighted by Gasteiger charge is -2.11. The third-order valence-corrected chi connectivity index (χ3v) is 5.73. The van der Waals surface area contributed by atoms with E-state index in [0.29, 0.717) is 37.3 Å². The van der Waals surface area contributed by atoms with Crippen molar-refractivity contribution in [2.75, 3.05) is 0 Å². The number of benzene rings is 2. The second kappa shape index (κ2) is 10.6. The van der Waals surface area contributed by atoms with Crippen molar-refractivity contribution in [2.24, 2.45) is 0 Å². The number of aromatic hydroxyl groups is 2. The van der Waals surface area contributed by atoms with Crippen molar-refractivity contribution in [1.82, 2.24) is 19.1 Å². The molecule has 0 aliphatic heterocycles. The Labute approximate surface area is 197 Å². The van der Waals surface area contributed by atoms with Crippen LogP contribution in [0.5, 0.6) is 11.8 Å². The van der Waals surface area contributed by atoms with Crippen LogP contribution < -0.4 is 0 Å². The summed E-state index contributed by atoms with van der Waals surface area (Å²) < 4.78 is 3.34. The van der Waals surface area contributed by atoms with Crippen LogP contribution in [0.1, 0.15) is 46.7 Å². The van der Waals surface area contributed by atoms with Crippen molar-refractivity contribution in [3.63, 3.8) is 0 Å². The maximum atomic E-state index is 11.3. The van der Waals surface area contributed by atoms with Gasteiger partial charge in [0.1, 0.15) is 11.6 Å². The van der Waals surface area contributed by atoms with Crippen molar-refractivity contribution < 1.29 is 19.8 Å². The van der Waals surface area contributed by atoms with Gasteiger partial charge in [0, 0.05) is 24.2 Å². The SMILES string of the molecule is O=Cc1nc(-c2ccccc2)n(CCCCCCn2c(-c3ccccc3)nc(C=O)c2O)c1O. The molecule has 0 amide bonds. The van der Waals surface area contributed by atoms with Crippen LogP contribution in [0, 0.1) is 0 Å². The first kappa shape index (κ1) is 23.0. The number of unbranched alkanes of at least 4 members (excludes halogenated alkanes) is 3. The highest BCUT2D eigenvalue weighted by molar-refractivity contribution is 5.78. The van der Waals surface area contributed by atoms with Gasteiger partial charge in [-0.15, -0.1) is 0 Å². The van der Waals surface area contributed by atoms with Gasteiger partial charge in [0.25, 0.3) is 0 Å². The largest absolute Gasteiger partial charge is 0.493 e. The molecule has 0 fully saturated rings. The Morgan fingerprint density at radius 2 is 1.00 bits per heavy atom. The maximum Gasteiger partial charge on any atom is 0.222 e. The molecule has 0 radical (unpaired) electrons. The molecule has 0 bridgehead atoms. The van der Waals surface area contributed by atoms with Crippen LogP contribution in [0.25, 0.3) is 22.8 Å². The fraction of sp³-hybridized carbons (Fsp3) is 0.231. The number of aldehydes is 2. The van der Waals surface area contributed by atoms with Gasteiger partial charge in [-0.1, -0.05) is 73.5 Å². The molecule has 4 rings (SSSR count). The van der Waals surface area contributed by atoms with Gasteiger partial charge in [0.15, 0.2) is 24.0 Å². The fourth-order valence-corrected chi connectivity index (χ4v) is 4.02. The summed E-state index contributed by atoms with van der Waals surface area (Å²) in [6, 6.07) is 18.9. The summed E-state index contributed by atoms with van der Waals surface area (Å²) in [4.78, 5) is 31.1.